The Labute approximate surface area is 257 Å². The van der Waals surface area contributed by atoms with Gasteiger partial charge in [0.25, 0.3) is 5.60 Å². The zero-order valence-corrected chi connectivity index (χ0v) is 24.2. The van der Waals surface area contributed by atoms with Gasteiger partial charge in [0, 0.05) is 12.0 Å². The molecule has 6 N–H and O–H groups in total. The Bertz CT molecular complexity index is 1980. The fraction of sp³-hybridized carbons (Fsp3) is 0.355. The van der Waals surface area contributed by atoms with E-state index in [4.69, 9.17) is 25.8 Å². The molecule has 2 heterocycles. The second-order valence-electron chi connectivity index (χ2n) is 12.3. The molecule has 1 spiro atoms. The number of hydrogen-bond donors (Lipinski definition) is 6. The van der Waals surface area contributed by atoms with E-state index in [-0.39, 0.29) is 24.0 Å². The van der Waals surface area contributed by atoms with Crippen LogP contribution in [0.15, 0.2) is 23.3 Å². The lowest BCUT2D eigenvalue weighted by Gasteiger charge is -2.44. The second kappa shape index (κ2) is 8.16. The van der Waals surface area contributed by atoms with E-state index in [1.54, 1.807) is 0 Å². The zero-order valence-electron chi connectivity index (χ0n) is 23.4. The van der Waals surface area contributed by atoms with Crippen molar-refractivity contribution in [3.05, 3.63) is 56.1 Å². The van der Waals surface area contributed by atoms with Gasteiger partial charge in [0.05, 0.1) is 45.7 Å². The number of rotatable bonds is 1. The Morgan fingerprint density at radius 3 is 2.31 bits per heavy atom. The van der Waals surface area contributed by atoms with Crippen molar-refractivity contribution in [2.45, 2.75) is 55.5 Å². The number of carbonyl (C=O) groups is 4. The topological polar surface area (TPSA) is 221 Å². The van der Waals surface area contributed by atoms with E-state index in [0.29, 0.717) is 0 Å². The second-order valence-corrected chi connectivity index (χ2v) is 12.7. The highest BCUT2D eigenvalue weighted by Gasteiger charge is 2.80. The van der Waals surface area contributed by atoms with Crippen LogP contribution in [-0.2, 0) is 30.3 Å². The van der Waals surface area contributed by atoms with Gasteiger partial charge in [-0.3, -0.25) is 14.4 Å². The van der Waals surface area contributed by atoms with Crippen molar-refractivity contribution in [2.24, 2.45) is 5.41 Å². The number of phenolic OH excluding ortho intramolecular Hbond substituents is 3. The number of aromatic hydroxyl groups is 3. The standard InChI is InChI=1S/C31H23ClO13/c1-29-18-13-8(7-30(27(29)45-29)19(24(18)40)21(37)14-9(33)3-4-10(34)15(14)26(30)41)20(32)23(39)16-22(38)17-11(35)5-6-12(36)31(17,28(42)43-2)44-25(13)16/h3-4,12,18,27,33-34,36-39H,5-7H2,1-2H3. The Hall–Kier alpha value is -4.59. The summed E-state index contributed by atoms with van der Waals surface area (Å²) in [6, 6.07) is 2.11. The molecule has 3 fully saturated rings. The molecule has 2 saturated carbocycles. The number of carbonyl (C=O) groups excluding carboxylic acids is 4. The number of esters is 1. The number of fused-ring (bicyclic) bond motifs is 3. The van der Waals surface area contributed by atoms with Gasteiger partial charge < -0.3 is 44.8 Å². The average Bonchev–Trinajstić information content (AvgIpc) is 3.73. The van der Waals surface area contributed by atoms with E-state index in [1.807, 2.05) is 0 Å². The lowest BCUT2D eigenvalue weighted by atomic mass is 9.56. The van der Waals surface area contributed by atoms with Crippen LogP contribution in [0.1, 0.15) is 58.3 Å². The fourth-order valence-electron chi connectivity index (χ4n) is 8.37. The predicted octanol–water partition coefficient (Wildman–Crippen LogP) is 2.29. The molecule has 13 nitrogen and oxygen atoms in total. The van der Waals surface area contributed by atoms with Gasteiger partial charge in [-0.15, -0.1) is 0 Å². The first kappa shape index (κ1) is 27.9. The number of Topliss-reactive ketones (excluding diaryl/α,β-unsaturated/α-hetero) is 3. The number of aliphatic hydroxyl groups is 3. The Morgan fingerprint density at radius 2 is 1.64 bits per heavy atom. The molecule has 0 radical (unpaired) electrons. The fourth-order valence-corrected chi connectivity index (χ4v) is 8.63. The highest BCUT2D eigenvalue weighted by Crippen LogP contribution is 2.72. The minimum absolute atomic E-state index is 0.0320. The van der Waals surface area contributed by atoms with Crippen LogP contribution in [0.2, 0.25) is 5.02 Å². The van der Waals surface area contributed by atoms with E-state index < -0.39 is 132 Å². The largest absolute Gasteiger partial charge is 0.507 e. The third kappa shape index (κ3) is 2.80. The number of phenols is 3. The summed E-state index contributed by atoms with van der Waals surface area (Å²) in [5, 5.41) is 66.5. The summed E-state index contributed by atoms with van der Waals surface area (Å²) in [6.07, 6.45) is -3.82. The van der Waals surface area contributed by atoms with Gasteiger partial charge >= 0.3 is 5.97 Å². The molecule has 6 unspecified atom stereocenters. The summed E-state index contributed by atoms with van der Waals surface area (Å²) in [6.45, 7) is 1.53. The van der Waals surface area contributed by atoms with E-state index in [2.05, 4.69) is 0 Å². The van der Waals surface area contributed by atoms with Gasteiger partial charge in [0.2, 0.25) is 0 Å². The summed E-state index contributed by atoms with van der Waals surface area (Å²) in [5.41, 5.74) is -8.71. The molecular weight excluding hydrogens is 616 g/mol. The maximum absolute atomic E-state index is 14.6. The van der Waals surface area contributed by atoms with Crippen LogP contribution in [0.5, 0.6) is 23.0 Å². The maximum Gasteiger partial charge on any atom is 0.358 e. The SMILES string of the molecule is COC(=O)C12Oc3c(c(O)c(Cl)c4c3C3C(=O)C5=C(O)c6c(O)ccc(O)c6C(=O)C5(C4)C4OC34C)C(O)=C1C(=O)CCC2O. The summed E-state index contributed by atoms with van der Waals surface area (Å²) in [7, 11) is 0.984. The Balaban J connectivity index is 1.49. The number of methoxy groups -OCH3 is 1. The van der Waals surface area contributed by atoms with Crippen molar-refractivity contribution in [1.29, 1.82) is 0 Å². The molecule has 0 aromatic heterocycles. The van der Waals surface area contributed by atoms with Gasteiger partial charge in [-0.1, -0.05) is 11.6 Å². The number of hydrogen-bond acceptors (Lipinski definition) is 13. The van der Waals surface area contributed by atoms with Gasteiger partial charge in [0.15, 0.2) is 17.3 Å². The molecule has 6 atom stereocenters. The van der Waals surface area contributed by atoms with E-state index in [0.717, 1.165) is 19.2 Å². The average molecular weight is 639 g/mol. The summed E-state index contributed by atoms with van der Waals surface area (Å²) in [5.74, 6) is -9.26. The van der Waals surface area contributed by atoms with Crippen molar-refractivity contribution in [3.8, 4) is 23.0 Å². The van der Waals surface area contributed by atoms with Crippen LogP contribution in [0.3, 0.4) is 0 Å². The van der Waals surface area contributed by atoms with Crippen molar-refractivity contribution in [3.63, 3.8) is 0 Å². The molecule has 14 heteroatoms. The van der Waals surface area contributed by atoms with Crippen molar-refractivity contribution >= 4 is 46.4 Å². The molecule has 1 saturated heterocycles. The molecule has 5 aliphatic carbocycles. The third-order valence-electron chi connectivity index (χ3n) is 10.3. The maximum atomic E-state index is 14.6. The first-order valence-corrected chi connectivity index (χ1v) is 14.3. The third-order valence-corrected chi connectivity index (χ3v) is 10.7. The van der Waals surface area contributed by atoms with Crippen LogP contribution >= 0.6 is 11.6 Å². The quantitative estimate of drug-likeness (QED) is 0.150. The summed E-state index contributed by atoms with van der Waals surface area (Å²) >= 11 is 6.74. The van der Waals surface area contributed by atoms with Gasteiger partial charge in [0.1, 0.15) is 57.9 Å². The van der Waals surface area contributed by atoms with Gasteiger partial charge in [-0.25, -0.2) is 4.79 Å². The van der Waals surface area contributed by atoms with Crippen LogP contribution in [0.25, 0.3) is 11.5 Å². The Kier molecular flexibility index (Phi) is 5.06. The van der Waals surface area contributed by atoms with Crippen LogP contribution < -0.4 is 4.74 Å². The first-order valence-electron chi connectivity index (χ1n) is 14.0. The number of epoxide rings is 1. The first-order chi connectivity index (χ1) is 21.2. The number of benzene rings is 2. The zero-order chi connectivity index (χ0) is 32.3. The molecule has 7 aliphatic rings. The smallest absolute Gasteiger partial charge is 0.358 e. The van der Waals surface area contributed by atoms with Crippen LogP contribution in [0, 0.1) is 5.41 Å². The molecule has 45 heavy (non-hydrogen) atoms. The molecular formula is C31H23ClO13. The van der Waals surface area contributed by atoms with Crippen LogP contribution in [0.4, 0.5) is 0 Å². The number of halogens is 1. The van der Waals surface area contributed by atoms with Crippen LogP contribution in [-0.4, -0.2) is 84.5 Å². The lowest BCUT2D eigenvalue weighted by Crippen LogP contribution is -2.61. The Morgan fingerprint density at radius 1 is 1.00 bits per heavy atom. The van der Waals surface area contributed by atoms with Crippen molar-refractivity contribution in [1.82, 2.24) is 0 Å². The summed E-state index contributed by atoms with van der Waals surface area (Å²) < 4.78 is 17.2. The molecule has 2 bridgehead atoms. The van der Waals surface area contributed by atoms with Gasteiger partial charge in [-0.05, 0) is 37.5 Å². The highest BCUT2D eigenvalue weighted by atomic mass is 35.5. The lowest BCUT2D eigenvalue weighted by molar-refractivity contribution is -0.169. The molecule has 0 amide bonds. The molecule has 2 aliphatic heterocycles. The van der Waals surface area contributed by atoms with Crippen molar-refractivity contribution < 1.29 is 64.0 Å². The summed E-state index contributed by atoms with van der Waals surface area (Å²) in [4.78, 5) is 55.5. The minimum Gasteiger partial charge on any atom is -0.507 e. The monoisotopic (exact) mass is 638 g/mol. The molecule has 2 aromatic rings. The molecule has 232 valence electrons. The van der Waals surface area contributed by atoms with E-state index in [1.165, 1.54) is 6.92 Å². The normalized spacial score (nSPS) is 33.7. The van der Waals surface area contributed by atoms with E-state index >= 15 is 0 Å². The predicted molar refractivity (Wildman–Crippen MR) is 149 cm³/mol. The molecule has 2 aromatic carbocycles. The van der Waals surface area contributed by atoms with Crippen molar-refractivity contribution in [2.75, 3.05) is 7.11 Å². The highest BCUT2D eigenvalue weighted by molar-refractivity contribution is 6.34. The molecule has 9 rings (SSSR count). The number of aliphatic hydroxyl groups excluding tert-OH is 3. The minimum atomic E-state index is -2.59. The van der Waals surface area contributed by atoms with Gasteiger partial charge in [-0.2, -0.15) is 0 Å². The van der Waals surface area contributed by atoms with E-state index in [9.17, 15) is 49.8 Å². The number of ketones is 3. The number of ether oxygens (including phenoxy) is 3.